The van der Waals surface area contributed by atoms with E-state index in [-0.39, 0.29) is 11.7 Å². The summed E-state index contributed by atoms with van der Waals surface area (Å²) in [5.41, 5.74) is 1.57. The number of rotatable bonds is 7. The minimum Gasteiger partial charge on any atom is -0.302 e. The Kier molecular flexibility index (Phi) is 5.86. The van der Waals surface area contributed by atoms with E-state index >= 15 is 0 Å². The number of fused-ring (bicyclic) bond motifs is 1. The summed E-state index contributed by atoms with van der Waals surface area (Å²) in [4.78, 5) is 21.4. The van der Waals surface area contributed by atoms with Crippen molar-refractivity contribution in [3.63, 3.8) is 0 Å². The average Bonchev–Trinajstić information content (AvgIpc) is 3.23. The van der Waals surface area contributed by atoms with Crippen LogP contribution in [0.1, 0.15) is 30.0 Å². The third-order valence-electron chi connectivity index (χ3n) is 4.70. The van der Waals surface area contributed by atoms with Crippen molar-refractivity contribution in [1.82, 2.24) is 19.7 Å². The van der Waals surface area contributed by atoms with E-state index in [0.717, 1.165) is 23.5 Å². The smallest absolute Gasteiger partial charge is 0.280 e. The first-order valence-corrected chi connectivity index (χ1v) is 9.86. The molecule has 0 radical (unpaired) electrons. The fourth-order valence-corrected chi connectivity index (χ4v) is 3.89. The van der Waals surface area contributed by atoms with Crippen molar-refractivity contribution >= 4 is 32.6 Å². The third kappa shape index (κ3) is 4.01. The van der Waals surface area contributed by atoms with E-state index < -0.39 is 0 Å². The number of carbonyl (C=O) groups excluding carboxylic acids is 1. The highest BCUT2D eigenvalue weighted by Gasteiger charge is 2.24. The molecule has 0 unspecified atom stereocenters. The fourth-order valence-electron chi connectivity index (χ4n) is 2.89. The first-order valence-electron chi connectivity index (χ1n) is 9.04. The lowest BCUT2D eigenvalue weighted by atomic mass is 10.3. The lowest BCUT2D eigenvalue weighted by molar-refractivity contribution is 0.0978. The van der Waals surface area contributed by atoms with Gasteiger partial charge < -0.3 is 4.90 Å². The SMILES string of the molecule is CCN(CC)CCN(C(=O)c1cc(C)n(C)n1)c1nc2c(F)cccc2s1. The monoisotopic (exact) mass is 389 g/mol. The summed E-state index contributed by atoms with van der Waals surface area (Å²) < 4.78 is 16.5. The molecule has 3 aromatic rings. The van der Waals surface area contributed by atoms with Gasteiger partial charge in [0.25, 0.3) is 5.91 Å². The first kappa shape index (κ1) is 19.4. The van der Waals surface area contributed by atoms with Crippen molar-refractivity contribution in [2.45, 2.75) is 20.8 Å². The van der Waals surface area contributed by atoms with Gasteiger partial charge in [0, 0.05) is 25.8 Å². The summed E-state index contributed by atoms with van der Waals surface area (Å²) in [6, 6.07) is 6.62. The topological polar surface area (TPSA) is 54.3 Å². The van der Waals surface area contributed by atoms with Crippen LogP contribution in [0, 0.1) is 12.7 Å². The van der Waals surface area contributed by atoms with Gasteiger partial charge in [-0.15, -0.1) is 0 Å². The minimum atomic E-state index is -0.375. The number of aryl methyl sites for hydroxylation is 2. The Balaban J connectivity index is 1.97. The standard InChI is InChI=1S/C19H24FN5OS/c1-5-24(6-2)10-11-25(18(26)15-12-13(3)23(4)22-15)19-21-17-14(20)8-7-9-16(17)27-19/h7-9,12H,5-6,10-11H2,1-4H3. The van der Waals surface area contributed by atoms with Gasteiger partial charge in [0.2, 0.25) is 0 Å². The average molecular weight is 390 g/mol. The molecule has 1 amide bonds. The second-order valence-electron chi connectivity index (χ2n) is 6.36. The number of carbonyl (C=O) groups is 1. The molecule has 0 spiro atoms. The van der Waals surface area contributed by atoms with Crippen molar-refractivity contribution in [2.75, 3.05) is 31.1 Å². The number of hydrogen-bond acceptors (Lipinski definition) is 5. The molecule has 6 nitrogen and oxygen atoms in total. The molecule has 0 fully saturated rings. The predicted octanol–water partition coefficient (Wildman–Crippen LogP) is 3.47. The molecule has 27 heavy (non-hydrogen) atoms. The van der Waals surface area contributed by atoms with Crippen molar-refractivity contribution in [3.05, 3.63) is 41.5 Å². The molecule has 0 N–H and O–H groups in total. The number of nitrogens with zero attached hydrogens (tertiary/aromatic N) is 5. The van der Waals surface area contributed by atoms with Crippen LogP contribution in [-0.2, 0) is 7.05 Å². The molecule has 144 valence electrons. The summed E-state index contributed by atoms with van der Waals surface area (Å²) in [6.07, 6.45) is 0. The quantitative estimate of drug-likeness (QED) is 0.621. The molecule has 0 saturated heterocycles. The van der Waals surface area contributed by atoms with Crippen LogP contribution in [0.3, 0.4) is 0 Å². The van der Waals surface area contributed by atoms with Gasteiger partial charge in [-0.2, -0.15) is 5.10 Å². The zero-order valence-corrected chi connectivity index (χ0v) is 16.9. The van der Waals surface area contributed by atoms with E-state index in [4.69, 9.17) is 0 Å². The van der Waals surface area contributed by atoms with Crippen LogP contribution in [0.2, 0.25) is 0 Å². The Morgan fingerprint density at radius 2 is 2.00 bits per heavy atom. The maximum atomic E-state index is 14.1. The van der Waals surface area contributed by atoms with E-state index in [1.807, 2.05) is 13.0 Å². The van der Waals surface area contributed by atoms with Crippen LogP contribution in [-0.4, -0.2) is 51.8 Å². The summed E-state index contributed by atoms with van der Waals surface area (Å²) in [7, 11) is 1.80. The fraction of sp³-hybridized carbons (Fsp3) is 0.421. The Labute approximate surface area is 162 Å². The summed E-state index contributed by atoms with van der Waals surface area (Å²) in [5, 5.41) is 4.81. The van der Waals surface area contributed by atoms with Crippen LogP contribution in [0.25, 0.3) is 10.2 Å². The van der Waals surface area contributed by atoms with Gasteiger partial charge >= 0.3 is 0 Å². The Bertz CT molecular complexity index is 927. The number of para-hydroxylation sites is 1. The number of anilines is 1. The van der Waals surface area contributed by atoms with E-state index in [0.29, 0.717) is 29.4 Å². The second kappa shape index (κ2) is 8.14. The maximum absolute atomic E-state index is 14.1. The van der Waals surface area contributed by atoms with Gasteiger partial charge in [-0.3, -0.25) is 14.4 Å². The van der Waals surface area contributed by atoms with Crippen LogP contribution in [0.15, 0.2) is 24.3 Å². The van der Waals surface area contributed by atoms with Crippen LogP contribution >= 0.6 is 11.3 Å². The zero-order valence-electron chi connectivity index (χ0n) is 16.1. The highest BCUT2D eigenvalue weighted by Crippen LogP contribution is 2.31. The molecule has 0 aliphatic heterocycles. The molecular formula is C19H24FN5OS. The van der Waals surface area contributed by atoms with Crippen LogP contribution < -0.4 is 4.90 Å². The number of halogens is 1. The Morgan fingerprint density at radius 1 is 1.26 bits per heavy atom. The third-order valence-corrected chi connectivity index (χ3v) is 5.75. The highest BCUT2D eigenvalue weighted by molar-refractivity contribution is 7.22. The lowest BCUT2D eigenvalue weighted by Gasteiger charge is -2.24. The minimum absolute atomic E-state index is 0.217. The van der Waals surface area contributed by atoms with E-state index in [2.05, 4.69) is 28.8 Å². The molecule has 8 heteroatoms. The largest absolute Gasteiger partial charge is 0.302 e. The maximum Gasteiger partial charge on any atom is 0.280 e. The number of amides is 1. The zero-order chi connectivity index (χ0) is 19.6. The summed E-state index contributed by atoms with van der Waals surface area (Å²) in [5.74, 6) is -0.592. The van der Waals surface area contributed by atoms with Crippen molar-refractivity contribution in [2.24, 2.45) is 7.05 Å². The molecule has 0 aliphatic carbocycles. The van der Waals surface area contributed by atoms with Gasteiger partial charge in [-0.25, -0.2) is 9.37 Å². The molecule has 0 aliphatic rings. The van der Waals surface area contributed by atoms with Gasteiger partial charge in [-0.05, 0) is 38.2 Å². The van der Waals surface area contributed by atoms with E-state index in [1.165, 1.54) is 17.4 Å². The van der Waals surface area contributed by atoms with Crippen molar-refractivity contribution in [1.29, 1.82) is 0 Å². The second-order valence-corrected chi connectivity index (χ2v) is 7.37. The van der Waals surface area contributed by atoms with Gasteiger partial charge in [0.15, 0.2) is 10.8 Å². The number of benzene rings is 1. The number of aromatic nitrogens is 3. The normalized spacial score (nSPS) is 11.5. The van der Waals surface area contributed by atoms with Crippen molar-refractivity contribution < 1.29 is 9.18 Å². The van der Waals surface area contributed by atoms with Crippen LogP contribution in [0.5, 0.6) is 0 Å². The van der Waals surface area contributed by atoms with Crippen molar-refractivity contribution in [3.8, 4) is 0 Å². The van der Waals surface area contributed by atoms with E-state index in [1.54, 1.807) is 28.8 Å². The van der Waals surface area contributed by atoms with Gasteiger partial charge in [-0.1, -0.05) is 31.3 Å². The summed E-state index contributed by atoms with van der Waals surface area (Å²) in [6.45, 7) is 9.05. The van der Waals surface area contributed by atoms with Gasteiger partial charge in [0.05, 0.1) is 4.70 Å². The molecule has 0 bridgehead atoms. The van der Waals surface area contributed by atoms with E-state index in [9.17, 15) is 9.18 Å². The van der Waals surface area contributed by atoms with Crippen LogP contribution in [0.4, 0.5) is 9.52 Å². The van der Waals surface area contributed by atoms with Gasteiger partial charge in [0.1, 0.15) is 11.3 Å². The molecule has 3 rings (SSSR count). The first-order chi connectivity index (χ1) is 12.9. The lowest BCUT2D eigenvalue weighted by Crippen LogP contribution is -2.39. The number of likely N-dealkylation sites (N-methyl/N-ethyl adjacent to an activating group) is 1. The number of thiazole rings is 1. The molecule has 0 saturated carbocycles. The Morgan fingerprint density at radius 3 is 2.59 bits per heavy atom. The molecule has 2 heterocycles. The predicted molar refractivity (Wildman–Crippen MR) is 107 cm³/mol. The summed E-state index contributed by atoms with van der Waals surface area (Å²) >= 11 is 1.32. The number of hydrogen-bond donors (Lipinski definition) is 0. The molecule has 0 atom stereocenters. The molecule has 1 aromatic carbocycles. The Hall–Kier alpha value is -2.32. The molecular weight excluding hydrogens is 365 g/mol. The molecule has 2 aromatic heterocycles. The highest BCUT2D eigenvalue weighted by atomic mass is 32.1.